The van der Waals surface area contributed by atoms with Crippen molar-refractivity contribution in [2.24, 2.45) is 11.7 Å². The molecule has 2 aromatic rings. The number of nitrogens with zero attached hydrogens (tertiary/aromatic N) is 3. The third-order valence-corrected chi connectivity index (χ3v) is 9.50. The summed E-state index contributed by atoms with van der Waals surface area (Å²) in [5, 5.41) is 29.9. The molecule has 0 aliphatic carbocycles. The standard InChI is InChI=1S/C36H51N9O9/c1-21(2)14-24(37)35(52)45-13-7-10-28(45)33(50)39-18-30(47)44-12-6-11-29(44)34(51)43-27(19-46)32(49)41-25(16-23-17-38-20-40-23)31(48)42-26(36(53)54)15-22-8-4-3-5-9-22/h3-5,8-9,17,20-21,24-29,46H,6-7,10-16,18-19,37H2,1-2H3,(H,38,40)(H,39,50)(H,41,49)(H,42,48)(H,43,51)(H,53,54)/t24-,25-,26-,27-,28-,29-/m0/s1. The normalized spacial score (nSPS) is 19.1. The molecule has 2 aliphatic rings. The van der Waals surface area contributed by atoms with E-state index in [2.05, 4.69) is 31.2 Å². The van der Waals surface area contributed by atoms with Gasteiger partial charge >= 0.3 is 5.97 Å². The SMILES string of the molecule is CC(C)C[C@H](N)C(=O)N1CCC[C@H]1C(=O)NCC(=O)N1CCC[C@H]1C(=O)N[C@@H](CO)C(=O)N[C@@H](Cc1cnc[nH]1)C(=O)N[C@@H](Cc1ccccc1)C(=O)O. The summed E-state index contributed by atoms with van der Waals surface area (Å²) in [6, 6.07) is 2.00. The van der Waals surface area contributed by atoms with Crippen molar-refractivity contribution < 1.29 is 43.8 Å². The average Bonchev–Trinajstić information content (AvgIpc) is 3.95. The van der Waals surface area contributed by atoms with Gasteiger partial charge in [-0.25, -0.2) is 9.78 Å². The van der Waals surface area contributed by atoms with E-state index in [1.54, 1.807) is 30.3 Å². The number of aliphatic hydroxyl groups is 1. The number of hydrogen-bond donors (Lipinski definition) is 8. The van der Waals surface area contributed by atoms with E-state index < -0.39 is 84.9 Å². The zero-order chi connectivity index (χ0) is 39.4. The van der Waals surface area contributed by atoms with E-state index >= 15 is 0 Å². The van der Waals surface area contributed by atoms with Gasteiger partial charge in [-0.05, 0) is 43.6 Å². The summed E-state index contributed by atoms with van der Waals surface area (Å²) in [5.74, 6) is -4.90. The molecule has 294 valence electrons. The van der Waals surface area contributed by atoms with Crippen LogP contribution in [-0.4, -0.2) is 134 Å². The molecular weight excluding hydrogens is 702 g/mol. The summed E-state index contributed by atoms with van der Waals surface area (Å²) in [7, 11) is 0. The van der Waals surface area contributed by atoms with Crippen molar-refractivity contribution >= 4 is 41.4 Å². The molecule has 2 aliphatic heterocycles. The Balaban J connectivity index is 1.35. The molecule has 6 amide bonds. The Hall–Kier alpha value is -5.36. The lowest BCUT2D eigenvalue weighted by atomic mass is 10.0. The first-order valence-electron chi connectivity index (χ1n) is 18.2. The van der Waals surface area contributed by atoms with Crippen LogP contribution < -0.4 is 27.0 Å². The molecule has 0 spiro atoms. The van der Waals surface area contributed by atoms with Crippen molar-refractivity contribution in [1.82, 2.24) is 41.0 Å². The first-order chi connectivity index (χ1) is 25.8. The highest BCUT2D eigenvalue weighted by atomic mass is 16.4. The number of likely N-dealkylation sites (tertiary alicyclic amines) is 2. The Kier molecular flexibility index (Phi) is 15.1. The van der Waals surface area contributed by atoms with Gasteiger partial charge in [0.25, 0.3) is 0 Å². The number of aliphatic hydroxyl groups excluding tert-OH is 1. The Bertz CT molecular complexity index is 1620. The molecule has 0 bridgehead atoms. The van der Waals surface area contributed by atoms with E-state index in [1.807, 2.05) is 13.8 Å². The highest BCUT2D eigenvalue weighted by Crippen LogP contribution is 2.21. The molecule has 2 saturated heterocycles. The molecule has 18 heteroatoms. The van der Waals surface area contributed by atoms with Crippen molar-refractivity contribution in [3.63, 3.8) is 0 Å². The lowest BCUT2D eigenvalue weighted by Gasteiger charge is -2.28. The zero-order valence-corrected chi connectivity index (χ0v) is 30.5. The maximum atomic E-state index is 13.4. The summed E-state index contributed by atoms with van der Waals surface area (Å²) in [6.45, 7) is 3.22. The number of aromatic amines is 1. The molecule has 0 unspecified atom stereocenters. The number of rotatable bonds is 18. The molecule has 6 atom stereocenters. The van der Waals surface area contributed by atoms with Gasteiger partial charge in [0, 0.05) is 37.8 Å². The highest BCUT2D eigenvalue weighted by molar-refractivity contribution is 5.96. The summed E-state index contributed by atoms with van der Waals surface area (Å²) in [5.41, 5.74) is 7.20. The van der Waals surface area contributed by atoms with Gasteiger partial charge in [-0.3, -0.25) is 28.8 Å². The molecule has 4 rings (SSSR count). The van der Waals surface area contributed by atoms with E-state index in [0.29, 0.717) is 43.5 Å². The minimum absolute atomic E-state index is 0.0197. The number of aliphatic carboxylic acids is 1. The number of carboxylic acids is 1. The first-order valence-corrected chi connectivity index (χ1v) is 18.2. The molecule has 0 saturated carbocycles. The molecule has 54 heavy (non-hydrogen) atoms. The lowest BCUT2D eigenvalue weighted by Crippen LogP contribution is -2.59. The summed E-state index contributed by atoms with van der Waals surface area (Å²) >= 11 is 0. The van der Waals surface area contributed by atoms with Crippen molar-refractivity contribution in [2.45, 2.75) is 95.0 Å². The maximum absolute atomic E-state index is 13.4. The number of hydrogen-bond acceptors (Lipinski definition) is 10. The Morgan fingerprint density at radius 2 is 1.50 bits per heavy atom. The largest absolute Gasteiger partial charge is 0.480 e. The fraction of sp³-hybridized carbons (Fsp3) is 0.556. The number of benzene rings is 1. The van der Waals surface area contributed by atoms with E-state index in [1.165, 1.54) is 22.3 Å². The quantitative estimate of drug-likeness (QED) is 0.0842. The van der Waals surface area contributed by atoms with Crippen LogP contribution in [0.25, 0.3) is 0 Å². The number of imidazole rings is 1. The molecule has 9 N–H and O–H groups in total. The first kappa shape index (κ1) is 41.4. The van der Waals surface area contributed by atoms with Gasteiger partial charge in [-0.1, -0.05) is 44.2 Å². The molecule has 0 radical (unpaired) electrons. The summed E-state index contributed by atoms with van der Waals surface area (Å²) in [6.07, 6.45) is 4.90. The molecular formula is C36H51N9O9. The van der Waals surface area contributed by atoms with Crippen molar-refractivity contribution in [3.8, 4) is 0 Å². The van der Waals surface area contributed by atoms with Crippen molar-refractivity contribution in [1.29, 1.82) is 0 Å². The van der Waals surface area contributed by atoms with E-state index in [-0.39, 0.29) is 37.6 Å². The van der Waals surface area contributed by atoms with Crippen molar-refractivity contribution in [2.75, 3.05) is 26.2 Å². The highest BCUT2D eigenvalue weighted by Gasteiger charge is 2.39. The number of nitrogens with two attached hydrogens (primary N) is 1. The number of carbonyl (C=O) groups excluding carboxylic acids is 6. The van der Waals surface area contributed by atoms with Gasteiger partial charge in [0.2, 0.25) is 35.4 Å². The van der Waals surface area contributed by atoms with Crippen molar-refractivity contribution in [3.05, 3.63) is 54.1 Å². The lowest BCUT2D eigenvalue weighted by molar-refractivity contribution is -0.142. The molecule has 2 fully saturated rings. The fourth-order valence-corrected chi connectivity index (χ4v) is 6.73. The Morgan fingerprint density at radius 1 is 0.870 bits per heavy atom. The fourth-order valence-electron chi connectivity index (χ4n) is 6.73. The maximum Gasteiger partial charge on any atom is 0.326 e. The predicted octanol–water partition coefficient (Wildman–Crippen LogP) is -1.80. The second kappa shape index (κ2) is 19.6. The second-order valence-corrected chi connectivity index (χ2v) is 14.1. The summed E-state index contributed by atoms with van der Waals surface area (Å²) in [4.78, 5) is 101. The van der Waals surface area contributed by atoms with Crippen LogP contribution in [0.3, 0.4) is 0 Å². The minimum Gasteiger partial charge on any atom is -0.480 e. The summed E-state index contributed by atoms with van der Waals surface area (Å²) < 4.78 is 0. The molecule has 1 aromatic heterocycles. The number of amides is 6. The van der Waals surface area contributed by atoms with E-state index in [4.69, 9.17) is 5.73 Å². The number of nitrogens with one attached hydrogen (secondary N) is 5. The van der Waals surface area contributed by atoms with Gasteiger partial charge in [-0.2, -0.15) is 0 Å². The van der Waals surface area contributed by atoms with Crippen LogP contribution >= 0.6 is 0 Å². The topological polar surface area (TPSA) is 269 Å². The third-order valence-electron chi connectivity index (χ3n) is 9.50. The third kappa shape index (κ3) is 11.3. The number of carboxylic acid groups (broad SMARTS) is 1. The predicted molar refractivity (Wildman–Crippen MR) is 193 cm³/mol. The van der Waals surface area contributed by atoms with E-state index in [0.717, 1.165) is 0 Å². The van der Waals surface area contributed by atoms with Crippen LogP contribution in [-0.2, 0) is 46.4 Å². The van der Waals surface area contributed by atoms with Gasteiger partial charge in [0.1, 0.15) is 30.2 Å². The molecule has 1 aromatic carbocycles. The Labute approximate surface area is 313 Å². The number of carbonyl (C=O) groups is 7. The molecule has 3 heterocycles. The smallest absolute Gasteiger partial charge is 0.326 e. The minimum atomic E-state index is -1.53. The van der Waals surface area contributed by atoms with Gasteiger partial charge in [0.05, 0.1) is 25.5 Å². The van der Waals surface area contributed by atoms with Crippen LogP contribution in [0, 0.1) is 5.92 Å². The number of aromatic nitrogens is 2. The number of H-pyrrole nitrogens is 1. The zero-order valence-electron chi connectivity index (χ0n) is 30.5. The molecule has 18 nitrogen and oxygen atoms in total. The van der Waals surface area contributed by atoms with Gasteiger partial charge in [-0.15, -0.1) is 0 Å². The average molecular weight is 754 g/mol. The van der Waals surface area contributed by atoms with Crippen LogP contribution in [0.4, 0.5) is 0 Å². The van der Waals surface area contributed by atoms with Crippen LogP contribution in [0.15, 0.2) is 42.9 Å². The van der Waals surface area contributed by atoms with Crippen LogP contribution in [0.2, 0.25) is 0 Å². The Morgan fingerprint density at radius 3 is 2.11 bits per heavy atom. The van der Waals surface area contributed by atoms with E-state index in [9.17, 15) is 43.8 Å². The van der Waals surface area contributed by atoms with Gasteiger partial charge in [0.15, 0.2) is 0 Å². The van der Waals surface area contributed by atoms with Gasteiger partial charge < -0.3 is 52.0 Å². The second-order valence-electron chi connectivity index (χ2n) is 14.1. The monoisotopic (exact) mass is 753 g/mol. The van der Waals surface area contributed by atoms with Crippen LogP contribution in [0.5, 0.6) is 0 Å². The van der Waals surface area contributed by atoms with Crippen LogP contribution in [0.1, 0.15) is 57.2 Å².